The van der Waals surface area contributed by atoms with Crippen LogP contribution in [0.5, 0.6) is 0 Å². The van der Waals surface area contributed by atoms with Crippen molar-refractivity contribution >= 4 is 29.2 Å². The Balaban J connectivity index is 1.44. The first-order valence-electron chi connectivity index (χ1n) is 9.01. The van der Waals surface area contributed by atoms with E-state index in [1.165, 1.54) is 24.3 Å². The highest BCUT2D eigenvalue weighted by atomic mass is 19.1. The van der Waals surface area contributed by atoms with Crippen molar-refractivity contribution in [2.24, 2.45) is 0 Å². The zero-order chi connectivity index (χ0) is 19.9. The SMILES string of the molecule is O=C(CNC(=O)Nc1ccc(C(=O)N2CCCC2)cc1)Nc1ccc(F)cc1. The second kappa shape index (κ2) is 8.98. The van der Waals surface area contributed by atoms with E-state index >= 15 is 0 Å². The Morgan fingerprint density at radius 1 is 0.857 bits per heavy atom. The van der Waals surface area contributed by atoms with Crippen LogP contribution in [0.3, 0.4) is 0 Å². The van der Waals surface area contributed by atoms with Gasteiger partial charge in [-0.3, -0.25) is 9.59 Å². The molecule has 146 valence electrons. The molecule has 0 unspecified atom stereocenters. The summed E-state index contributed by atoms with van der Waals surface area (Å²) < 4.78 is 12.8. The lowest BCUT2D eigenvalue weighted by molar-refractivity contribution is -0.115. The fourth-order valence-corrected chi connectivity index (χ4v) is 2.87. The van der Waals surface area contributed by atoms with E-state index in [1.54, 1.807) is 24.3 Å². The van der Waals surface area contributed by atoms with Gasteiger partial charge in [-0.05, 0) is 61.4 Å². The van der Waals surface area contributed by atoms with Crippen molar-refractivity contribution in [1.82, 2.24) is 10.2 Å². The Labute approximate surface area is 161 Å². The molecule has 1 fully saturated rings. The number of rotatable bonds is 5. The Kier molecular flexibility index (Phi) is 6.21. The van der Waals surface area contributed by atoms with Crippen LogP contribution < -0.4 is 16.0 Å². The third-order valence-electron chi connectivity index (χ3n) is 4.32. The van der Waals surface area contributed by atoms with Gasteiger partial charge in [0.25, 0.3) is 5.91 Å². The first kappa shape index (κ1) is 19.3. The summed E-state index contributed by atoms with van der Waals surface area (Å²) in [6, 6.07) is 11.4. The fourth-order valence-electron chi connectivity index (χ4n) is 2.87. The topological polar surface area (TPSA) is 90.5 Å². The van der Waals surface area contributed by atoms with Gasteiger partial charge in [0.15, 0.2) is 0 Å². The molecule has 8 heteroatoms. The van der Waals surface area contributed by atoms with Gasteiger partial charge in [0, 0.05) is 30.0 Å². The number of hydrogen-bond acceptors (Lipinski definition) is 3. The van der Waals surface area contributed by atoms with Gasteiger partial charge in [0.05, 0.1) is 6.54 Å². The van der Waals surface area contributed by atoms with E-state index in [0.29, 0.717) is 16.9 Å². The van der Waals surface area contributed by atoms with Gasteiger partial charge in [-0.2, -0.15) is 0 Å². The van der Waals surface area contributed by atoms with Crippen molar-refractivity contribution in [3.63, 3.8) is 0 Å². The quantitative estimate of drug-likeness (QED) is 0.740. The van der Waals surface area contributed by atoms with Crippen LogP contribution in [0.15, 0.2) is 48.5 Å². The zero-order valence-electron chi connectivity index (χ0n) is 15.2. The van der Waals surface area contributed by atoms with Gasteiger partial charge in [0.2, 0.25) is 5.91 Å². The lowest BCUT2D eigenvalue weighted by Gasteiger charge is -2.15. The number of anilines is 2. The minimum Gasteiger partial charge on any atom is -0.339 e. The first-order valence-corrected chi connectivity index (χ1v) is 9.01. The highest BCUT2D eigenvalue weighted by Crippen LogP contribution is 2.15. The van der Waals surface area contributed by atoms with Crippen molar-refractivity contribution in [2.75, 3.05) is 30.3 Å². The van der Waals surface area contributed by atoms with Crippen LogP contribution in [-0.4, -0.2) is 42.4 Å². The molecular formula is C20H21FN4O3. The van der Waals surface area contributed by atoms with Crippen LogP contribution >= 0.6 is 0 Å². The normalized spacial score (nSPS) is 13.1. The molecule has 1 aliphatic heterocycles. The zero-order valence-corrected chi connectivity index (χ0v) is 15.2. The highest BCUT2D eigenvalue weighted by Gasteiger charge is 2.19. The number of hydrogen-bond donors (Lipinski definition) is 3. The lowest BCUT2D eigenvalue weighted by atomic mass is 10.2. The van der Waals surface area contributed by atoms with Crippen molar-refractivity contribution < 1.29 is 18.8 Å². The van der Waals surface area contributed by atoms with Crippen molar-refractivity contribution in [3.05, 3.63) is 59.9 Å². The van der Waals surface area contributed by atoms with Gasteiger partial charge in [-0.1, -0.05) is 0 Å². The molecule has 1 aliphatic rings. The van der Waals surface area contributed by atoms with Crippen LogP contribution in [0.2, 0.25) is 0 Å². The average molecular weight is 384 g/mol. The van der Waals surface area contributed by atoms with Crippen LogP contribution in [0.25, 0.3) is 0 Å². The first-order chi connectivity index (χ1) is 13.5. The molecule has 0 aromatic heterocycles. The average Bonchev–Trinajstić information content (AvgIpc) is 3.23. The predicted molar refractivity (Wildman–Crippen MR) is 104 cm³/mol. The number of benzene rings is 2. The molecule has 0 atom stereocenters. The smallest absolute Gasteiger partial charge is 0.319 e. The van der Waals surface area contributed by atoms with E-state index in [9.17, 15) is 18.8 Å². The van der Waals surface area contributed by atoms with Gasteiger partial charge in [0.1, 0.15) is 5.82 Å². The van der Waals surface area contributed by atoms with Crippen molar-refractivity contribution in [3.8, 4) is 0 Å². The summed E-state index contributed by atoms with van der Waals surface area (Å²) in [4.78, 5) is 37.8. The minimum atomic E-state index is -0.548. The summed E-state index contributed by atoms with van der Waals surface area (Å²) in [6.45, 7) is 1.32. The number of nitrogens with zero attached hydrogens (tertiary/aromatic N) is 1. The summed E-state index contributed by atoms with van der Waals surface area (Å²) in [7, 11) is 0. The molecule has 1 heterocycles. The molecule has 0 radical (unpaired) electrons. The third-order valence-corrected chi connectivity index (χ3v) is 4.32. The third kappa shape index (κ3) is 5.29. The Hall–Kier alpha value is -3.42. The monoisotopic (exact) mass is 384 g/mol. The van der Waals surface area contributed by atoms with E-state index in [4.69, 9.17) is 0 Å². The van der Waals surface area contributed by atoms with Gasteiger partial charge >= 0.3 is 6.03 Å². The summed E-state index contributed by atoms with van der Waals surface area (Å²) in [5.41, 5.74) is 1.52. The fraction of sp³-hybridized carbons (Fsp3) is 0.250. The summed E-state index contributed by atoms with van der Waals surface area (Å²) in [5, 5.41) is 7.58. The van der Waals surface area contributed by atoms with Gasteiger partial charge in [-0.15, -0.1) is 0 Å². The molecule has 3 N–H and O–H groups in total. The number of carbonyl (C=O) groups excluding carboxylic acids is 3. The standard InChI is InChI=1S/C20H21FN4O3/c21-15-5-9-16(10-6-15)23-18(26)13-22-20(28)24-17-7-3-14(4-8-17)19(27)25-11-1-2-12-25/h3-10H,1-2,11-13H2,(H,23,26)(H2,22,24,28). The summed E-state index contributed by atoms with van der Waals surface area (Å²) >= 11 is 0. The van der Waals surface area contributed by atoms with Crippen LogP contribution in [-0.2, 0) is 4.79 Å². The van der Waals surface area contributed by atoms with E-state index in [1.807, 2.05) is 4.90 Å². The maximum atomic E-state index is 12.8. The molecule has 0 aliphatic carbocycles. The van der Waals surface area contributed by atoms with Gasteiger partial charge < -0.3 is 20.9 Å². The number of urea groups is 1. The second-order valence-electron chi connectivity index (χ2n) is 6.44. The Morgan fingerprint density at radius 2 is 1.43 bits per heavy atom. The van der Waals surface area contributed by atoms with Gasteiger partial charge in [-0.25, -0.2) is 9.18 Å². The number of nitrogens with one attached hydrogen (secondary N) is 3. The maximum Gasteiger partial charge on any atom is 0.319 e. The van der Waals surface area contributed by atoms with E-state index in [2.05, 4.69) is 16.0 Å². The van der Waals surface area contributed by atoms with Crippen molar-refractivity contribution in [1.29, 1.82) is 0 Å². The molecule has 0 bridgehead atoms. The van der Waals surface area contributed by atoms with Crippen LogP contribution in [0, 0.1) is 5.82 Å². The largest absolute Gasteiger partial charge is 0.339 e. The van der Waals surface area contributed by atoms with E-state index < -0.39 is 17.8 Å². The molecule has 4 amide bonds. The number of amides is 4. The molecule has 3 rings (SSSR count). The molecule has 7 nitrogen and oxygen atoms in total. The van der Waals surface area contributed by atoms with Crippen LogP contribution in [0.1, 0.15) is 23.2 Å². The Morgan fingerprint density at radius 3 is 2.07 bits per heavy atom. The highest BCUT2D eigenvalue weighted by molar-refractivity contribution is 5.98. The molecular weight excluding hydrogens is 363 g/mol. The van der Waals surface area contributed by atoms with Crippen LogP contribution in [0.4, 0.5) is 20.6 Å². The molecule has 2 aromatic rings. The molecule has 0 spiro atoms. The summed E-state index contributed by atoms with van der Waals surface area (Å²) in [5.74, 6) is -0.845. The molecule has 2 aromatic carbocycles. The summed E-state index contributed by atoms with van der Waals surface area (Å²) in [6.07, 6.45) is 2.06. The number of likely N-dealkylation sites (tertiary alicyclic amines) is 1. The number of carbonyl (C=O) groups is 3. The molecule has 0 saturated carbocycles. The maximum absolute atomic E-state index is 12.8. The van der Waals surface area contributed by atoms with E-state index in [0.717, 1.165) is 25.9 Å². The second-order valence-corrected chi connectivity index (χ2v) is 6.44. The van der Waals surface area contributed by atoms with Crippen molar-refractivity contribution in [2.45, 2.75) is 12.8 Å². The minimum absolute atomic E-state index is 0.00836. The lowest BCUT2D eigenvalue weighted by Crippen LogP contribution is -2.35. The Bertz CT molecular complexity index is 847. The molecule has 1 saturated heterocycles. The predicted octanol–water partition coefficient (Wildman–Crippen LogP) is 2.82. The van der Waals surface area contributed by atoms with E-state index in [-0.39, 0.29) is 12.5 Å². The number of halogens is 1. The molecule has 28 heavy (non-hydrogen) atoms.